The van der Waals surface area contributed by atoms with Crippen molar-refractivity contribution in [1.82, 2.24) is 0 Å². The van der Waals surface area contributed by atoms with Crippen molar-refractivity contribution in [2.75, 3.05) is 0 Å². The van der Waals surface area contributed by atoms with Crippen LogP contribution >= 0.6 is 11.6 Å². The lowest BCUT2D eigenvalue weighted by atomic mass is 10.1. The molecule has 0 saturated carbocycles. The quantitative estimate of drug-likeness (QED) is 0.533. The minimum atomic E-state index is 0.389. The molecule has 2 aromatic carbocycles. The molecule has 0 unspecified atom stereocenters. The molecule has 0 fully saturated rings. The average molecular weight is 204 g/mol. The molecular weight excluding hydrogens is 196 g/mol. The summed E-state index contributed by atoms with van der Waals surface area (Å²) in [6, 6.07) is 11.4. The zero-order chi connectivity index (χ0) is 10.4. The van der Waals surface area contributed by atoms with Crippen LogP contribution in [0.15, 0.2) is 46.9 Å². The molecule has 0 atom stereocenters. The number of benzene rings is 2. The molecule has 0 spiro atoms. The van der Waals surface area contributed by atoms with Crippen LogP contribution in [0.4, 0.5) is 0 Å². The third-order valence-corrected chi connectivity index (χ3v) is 2.59. The first-order valence-electron chi connectivity index (χ1n) is 4.84. The Morgan fingerprint density at radius 2 is 2.00 bits per heavy atom. The number of rotatable bonds is 0. The molecule has 1 nitrogen and oxygen atoms in total. The normalized spacial score (nSPS) is 12.2. The zero-order valence-electron chi connectivity index (χ0n) is 8.25. The van der Waals surface area contributed by atoms with Crippen molar-refractivity contribution in [3.05, 3.63) is 47.5 Å². The van der Waals surface area contributed by atoms with Gasteiger partial charge < -0.3 is 4.42 Å². The molecule has 0 amide bonds. The fourth-order valence-electron chi connectivity index (χ4n) is 1.66. The molecule has 1 heterocycles. The topological polar surface area (TPSA) is 13.1 Å². The van der Waals surface area contributed by atoms with Crippen LogP contribution < -0.4 is 0 Å². The van der Waals surface area contributed by atoms with E-state index >= 15 is 0 Å². The minimum absolute atomic E-state index is 0.389. The summed E-state index contributed by atoms with van der Waals surface area (Å²) in [5, 5.41) is 2.46. The first-order chi connectivity index (χ1) is 7.27. The second-order valence-corrected chi connectivity index (χ2v) is 3.54. The van der Waals surface area contributed by atoms with E-state index in [1.807, 2.05) is 30.3 Å². The van der Waals surface area contributed by atoms with E-state index in [1.54, 1.807) is 6.07 Å². The van der Waals surface area contributed by atoms with Crippen molar-refractivity contribution in [3.63, 3.8) is 0 Å². The predicted octanol–water partition coefficient (Wildman–Crippen LogP) is 4.24. The third-order valence-electron chi connectivity index (χ3n) is 2.27. The van der Waals surface area contributed by atoms with E-state index in [9.17, 15) is 0 Å². The van der Waals surface area contributed by atoms with Gasteiger partial charge in [0.05, 0.1) is 6.39 Å². The van der Waals surface area contributed by atoms with Crippen molar-refractivity contribution < 1.29 is 5.79 Å². The molecule has 68 valence electrons. The molecule has 0 aliphatic carbocycles. The van der Waals surface area contributed by atoms with Gasteiger partial charge in [-0.1, -0.05) is 35.9 Å². The lowest BCUT2D eigenvalue weighted by Crippen LogP contribution is -1.67. The Morgan fingerprint density at radius 1 is 1.07 bits per heavy atom. The number of para-hydroxylation sites is 1. The molecule has 1 aromatic heterocycles. The summed E-state index contributed by atoms with van der Waals surface area (Å²) < 4.78 is 13.3. The maximum Gasteiger partial charge on any atom is 0.136 e. The van der Waals surface area contributed by atoms with E-state index < -0.39 is 0 Å². The lowest BCUT2D eigenvalue weighted by molar-refractivity contribution is 0.669. The van der Waals surface area contributed by atoms with Crippen LogP contribution in [0, 0.1) is 0 Å². The molecule has 2 heteroatoms. The van der Waals surface area contributed by atoms with Crippen LogP contribution in [0.3, 0.4) is 0 Å². The van der Waals surface area contributed by atoms with Crippen LogP contribution in [0.5, 0.6) is 0 Å². The fourth-order valence-corrected chi connectivity index (χ4v) is 1.93. The van der Waals surface area contributed by atoms with Gasteiger partial charge in [0.25, 0.3) is 0 Å². The summed E-state index contributed by atoms with van der Waals surface area (Å²) in [6.07, 6.45) is 0. The summed E-state index contributed by atoms with van der Waals surface area (Å²) in [4.78, 5) is 0. The standard InChI is InChI=1S/C12H7ClO/c13-9-5-3-7-11-12(9)8-4-1-2-6-10(8)14-11/h1-7H/i6D. The van der Waals surface area contributed by atoms with E-state index in [4.69, 9.17) is 17.4 Å². The second-order valence-electron chi connectivity index (χ2n) is 3.13. The van der Waals surface area contributed by atoms with Gasteiger partial charge in [-0.05, 0) is 18.2 Å². The van der Waals surface area contributed by atoms with Gasteiger partial charge in [0.2, 0.25) is 0 Å². The highest BCUT2D eigenvalue weighted by atomic mass is 35.5. The highest BCUT2D eigenvalue weighted by molar-refractivity contribution is 6.37. The summed E-state index contributed by atoms with van der Waals surface area (Å²) in [7, 11) is 0. The summed E-state index contributed by atoms with van der Waals surface area (Å²) >= 11 is 6.11. The molecule has 3 rings (SSSR count). The number of hydrogen-bond acceptors (Lipinski definition) is 1. The highest BCUT2D eigenvalue weighted by Crippen LogP contribution is 2.33. The van der Waals surface area contributed by atoms with Crippen molar-refractivity contribution in [3.8, 4) is 0 Å². The minimum Gasteiger partial charge on any atom is -0.456 e. The van der Waals surface area contributed by atoms with Crippen molar-refractivity contribution in [1.29, 1.82) is 0 Å². The average Bonchev–Trinajstić information content (AvgIpc) is 2.59. The third kappa shape index (κ3) is 0.962. The molecule has 0 bridgehead atoms. The Morgan fingerprint density at radius 3 is 2.93 bits per heavy atom. The van der Waals surface area contributed by atoms with E-state index in [-0.39, 0.29) is 0 Å². The smallest absolute Gasteiger partial charge is 0.136 e. The number of halogens is 1. The van der Waals surface area contributed by atoms with Gasteiger partial charge in [0.15, 0.2) is 0 Å². The first-order valence-corrected chi connectivity index (χ1v) is 4.71. The van der Waals surface area contributed by atoms with Gasteiger partial charge in [-0.15, -0.1) is 0 Å². The maximum absolute atomic E-state index is 7.73. The number of fused-ring (bicyclic) bond motifs is 3. The van der Waals surface area contributed by atoms with Crippen molar-refractivity contribution >= 4 is 33.5 Å². The van der Waals surface area contributed by atoms with Gasteiger partial charge >= 0.3 is 0 Å². The van der Waals surface area contributed by atoms with Gasteiger partial charge in [0, 0.05) is 10.8 Å². The molecule has 3 aromatic rings. The van der Waals surface area contributed by atoms with Crippen LogP contribution in [0.2, 0.25) is 5.02 Å². The second kappa shape index (κ2) is 2.76. The summed E-state index contributed by atoms with van der Waals surface area (Å²) in [6.45, 7) is 0. The molecule has 0 aliphatic heterocycles. The number of hydrogen-bond donors (Lipinski definition) is 0. The largest absolute Gasteiger partial charge is 0.456 e. The van der Waals surface area contributed by atoms with Gasteiger partial charge in [-0.3, -0.25) is 0 Å². The molecule has 0 radical (unpaired) electrons. The fraction of sp³-hybridized carbons (Fsp3) is 0. The van der Waals surface area contributed by atoms with Crippen molar-refractivity contribution in [2.24, 2.45) is 0 Å². The first kappa shape index (κ1) is 6.91. The van der Waals surface area contributed by atoms with Crippen LogP contribution in [0.1, 0.15) is 1.37 Å². The van der Waals surface area contributed by atoms with E-state index in [1.165, 1.54) is 0 Å². The van der Waals surface area contributed by atoms with Crippen LogP contribution in [-0.4, -0.2) is 0 Å². The maximum atomic E-state index is 7.73. The Bertz CT molecular complexity index is 657. The van der Waals surface area contributed by atoms with Crippen LogP contribution in [0.25, 0.3) is 21.9 Å². The highest BCUT2D eigenvalue weighted by Gasteiger charge is 2.07. The Balaban J connectivity index is 2.65. The molecule has 0 N–H and O–H groups in total. The van der Waals surface area contributed by atoms with Crippen molar-refractivity contribution in [2.45, 2.75) is 0 Å². The van der Waals surface area contributed by atoms with E-state index in [0.717, 1.165) is 16.4 Å². The molecule has 0 saturated heterocycles. The van der Waals surface area contributed by atoms with E-state index in [2.05, 4.69) is 0 Å². The molecule has 14 heavy (non-hydrogen) atoms. The van der Waals surface area contributed by atoms with Crippen LogP contribution in [-0.2, 0) is 0 Å². The SMILES string of the molecule is [2H]c1cccc2c1oc1cccc(Cl)c12. The Kier molecular flexibility index (Phi) is 1.36. The molecular formula is C12H7ClO. The van der Waals surface area contributed by atoms with E-state index in [0.29, 0.717) is 16.6 Å². The van der Waals surface area contributed by atoms with Gasteiger partial charge in [-0.25, -0.2) is 0 Å². The molecule has 0 aliphatic rings. The predicted molar refractivity (Wildman–Crippen MR) is 58.7 cm³/mol. The Hall–Kier alpha value is -1.47. The monoisotopic (exact) mass is 203 g/mol. The van der Waals surface area contributed by atoms with Gasteiger partial charge in [-0.2, -0.15) is 0 Å². The lowest BCUT2D eigenvalue weighted by Gasteiger charge is -1.91. The number of furan rings is 1. The zero-order valence-corrected chi connectivity index (χ0v) is 8.01. The summed E-state index contributed by atoms with van der Waals surface area (Å²) in [5.74, 6) is 0. The Labute approximate surface area is 87.3 Å². The van der Waals surface area contributed by atoms with Gasteiger partial charge in [0.1, 0.15) is 11.2 Å². The summed E-state index contributed by atoms with van der Waals surface area (Å²) in [5.41, 5.74) is 1.33.